The highest BCUT2D eigenvalue weighted by Gasteiger charge is 2.44. The number of carbonyl (C=O) groups excluding carboxylic acids is 1. The molecule has 434 valence electrons. The van der Waals surface area contributed by atoms with Crippen molar-refractivity contribution in [3.8, 4) is 0 Å². The normalized spacial score (nSPS) is 19.7. The Bertz CT molecular complexity index is 1610. The van der Waals surface area contributed by atoms with Crippen molar-refractivity contribution in [3.05, 3.63) is 122 Å². The number of carbonyl (C=O) groups is 1. The van der Waals surface area contributed by atoms with Crippen molar-refractivity contribution >= 4 is 5.91 Å². The molecule has 7 atom stereocenters. The van der Waals surface area contributed by atoms with Crippen LogP contribution in [0.1, 0.15) is 239 Å². The predicted octanol–water partition coefficient (Wildman–Crippen LogP) is 15.9. The molecule has 9 heteroatoms. The minimum absolute atomic E-state index is 0.147. The molecule has 1 saturated heterocycles. The van der Waals surface area contributed by atoms with Gasteiger partial charge in [0.2, 0.25) is 5.91 Å². The van der Waals surface area contributed by atoms with Gasteiger partial charge in [0.15, 0.2) is 6.29 Å². The summed E-state index contributed by atoms with van der Waals surface area (Å²) in [5, 5.41) is 54.6. The van der Waals surface area contributed by atoms with E-state index in [1.54, 1.807) is 0 Å². The van der Waals surface area contributed by atoms with Crippen LogP contribution in [0.3, 0.4) is 0 Å². The largest absolute Gasteiger partial charge is 0.394 e. The van der Waals surface area contributed by atoms with Crippen LogP contribution < -0.4 is 5.32 Å². The molecule has 1 aliphatic rings. The van der Waals surface area contributed by atoms with Gasteiger partial charge < -0.3 is 40.3 Å². The molecule has 0 aromatic rings. The lowest BCUT2D eigenvalue weighted by Gasteiger charge is -2.40. The van der Waals surface area contributed by atoms with Crippen molar-refractivity contribution in [3.63, 3.8) is 0 Å². The topological polar surface area (TPSA) is 149 Å². The van der Waals surface area contributed by atoms with Crippen LogP contribution in [0.2, 0.25) is 0 Å². The van der Waals surface area contributed by atoms with Crippen molar-refractivity contribution in [2.45, 2.75) is 281 Å². The van der Waals surface area contributed by atoms with Crippen LogP contribution in [0.15, 0.2) is 122 Å². The number of allylic oxidation sites excluding steroid dienone is 20. The van der Waals surface area contributed by atoms with Crippen LogP contribution in [0, 0.1) is 0 Å². The van der Waals surface area contributed by atoms with Gasteiger partial charge in [-0.05, 0) is 89.9 Å². The Morgan fingerprint density at radius 3 is 1.21 bits per heavy atom. The average molecular weight is 1060 g/mol. The van der Waals surface area contributed by atoms with Gasteiger partial charge in [-0.3, -0.25) is 4.79 Å². The van der Waals surface area contributed by atoms with E-state index >= 15 is 0 Å². The molecular weight excluding hydrogens is 947 g/mol. The molecule has 1 amide bonds. The third-order valence-electron chi connectivity index (χ3n) is 13.8. The minimum Gasteiger partial charge on any atom is -0.394 e. The van der Waals surface area contributed by atoms with Gasteiger partial charge in [-0.25, -0.2) is 0 Å². The minimum atomic E-state index is -1.56. The third-order valence-corrected chi connectivity index (χ3v) is 13.8. The first-order valence-electron chi connectivity index (χ1n) is 30.7. The molecule has 0 spiro atoms. The highest BCUT2D eigenvalue weighted by atomic mass is 16.7. The van der Waals surface area contributed by atoms with Crippen molar-refractivity contribution in [2.24, 2.45) is 0 Å². The summed E-state index contributed by atoms with van der Waals surface area (Å²) in [6.07, 6.45) is 75.2. The zero-order valence-corrected chi connectivity index (χ0v) is 48.2. The number of aliphatic hydroxyl groups is 5. The van der Waals surface area contributed by atoms with Crippen molar-refractivity contribution in [2.75, 3.05) is 13.2 Å². The summed E-state index contributed by atoms with van der Waals surface area (Å²) < 4.78 is 11.3. The van der Waals surface area contributed by atoms with Crippen LogP contribution in [0.5, 0.6) is 0 Å². The summed E-state index contributed by atoms with van der Waals surface area (Å²) in [4.78, 5) is 13.1. The molecule has 0 bridgehead atoms. The van der Waals surface area contributed by atoms with E-state index < -0.39 is 49.5 Å². The molecule has 0 aromatic carbocycles. The molecule has 1 aliphatic heterocycles. The Balaban J connectivity index is 2.15. The summed E-state index contributed by atoms with van der Waals surface area (Å²) in [5.74, 6) is -0.157. The summed E-state index contributed by atoms with van der Waals surface area (Å²) >= 11 is 0. The van der Waals surface area contributed by atoms with Gasteiger partial charge in [0.1, 0.15) is 24.4 Å². The summed E-state index contributed by atoms with van der Waals surface area (Å²) in [6.45, 7) is 3.71. The van der Waals surface area contributed by atoms with Crippen LogP contribution in [0.4, 0.5) is 0 Å². The maximum Gasteiger partial charge on any atom is 0.220 e. The highest BCUT2D eigenvalue weighted by Crippen LogP contribution is 2.23. The SMILES string of the molecule is CC/C=C\C/C=C\C/C=C\C/C=C\C/C=C\C/C=C\C/C=C\C/C=C\C/C=C\C/C=C\CCCCCCCCCCC(=O)NC(COC1OC(CO)C(O)C(O)C1O)C(O)CCCCCCCCCCCCCCCC. The number of hydrogen-bond donors (Lipinski definition) is 6. The summed E-state index contributed by atoms with van der Waals surface area (Å²) in [5.41, 5.74) is 0. The second-order valence-electron chi connectivity index (χ2n) is 20.8. The number of nitrogens with one attached hydrogen (secondary N) is 1. The molecule has 9 nitrogen and oxygen atoms in total. The Kier molecular flexibility index (Phi) is 51.0. The van der Waals surface area contributed by atoms with E-state index in [0.29, 0.717) is 12.8 Å². The fraction of sp³-hybridized carbons (Fsp3) is 0.687. The third kappa shape index (κ3) is 43.6. The molecule has 7 unspecified atom stereocenters. The van der Waals surface area contributed by atoms with Crippen molar-refractivity contribution in [1.82, 2.24) is 5.32 Å². The van der Waals surface area contributed by atoms with Gasteiger partial charge in [0.25, 0.3) is 0 Å². The van der Waals surface area contributed by atoms with E-state index in [1.807, 2.05) is 0 Å². The maximum absolute atomic E-state index is 13.1. The molecule has 1 heterocycles. The van der Waals surface area contributed by atoms with Gasteiger partial charge in [-0.15, -0.1) is 0 Å². The molecule has 6 N–H and O–H groups in total. The van der Waals surface area contributed by atoms with Gasteiger partial charge in [-0.2, -0.15) is 0 Å². The van der Waals surface area contributed by atoms with E-state index in [4.69, 9.17) is 9.47 Å². The molecule has 1 rings (SSSR count). The monoisotopic (exact) mass is 1060 g/mol. The van der Waals surface area contributed by atoms with Crippen LogP contribution in [-0.2, 0) is 14.3 Å². The Labute approximate surface area is 465 Å². The van der Waals surface area contributed by atoms with Gasteiger partial charge >= 0.3 is 0 Å². The first-order valence-corrected chi connectivity index (χ1v) is 30.7. The Morgan fingerprint density at radius 1 is 0.461 bits per heavy atom. The summed E-state index contributed by atoms with van der Waals surface area (Å²) in [7, 11) is 0. The van der Waals surface area contributed by atoms with Crippen molar-refractivity contribution < 1.29 is 39.8 Å². The standard InChI is InChI=1S/C67H113NO8/c1-3-5-7-9-11-13-15-17-19-20-21-22-23-24-25-26-27-28-29-30-31-32-33-34-35-36-37-38-39-40-41-42-43-45-47-49-51-53-55-57-63(71)68-60(59-75-67-66(74)65(73)64(72)62(58-69)76-67)61(70)56-54-52-50-48-46-44-18-16-14-12-10-8-6-4-2/h5,7,11,13,17,19,21-22,24-25,27-28,30-31,33-34,36-37,39-40,60-62,64-67,69-70,72-74H,3-4,6,8-10,12,14-16,18,20,23,26,29,32,35,38,41-59H2,1-2H3,(H,68,71)/b7-5-,13-11-,19-17-,22-21-,25-24-,28-27-,31-30-,34-33-,37-36-,40-39-. The van der Waals surface area contributed by atoms with Gasteiger partial charge in [0.05, 0.1) is 25.4 Å². The number of unbranched alkanes of at least 4 members (excludes halogenated alkanes) is 21. The molecule has 0 aliphatic carbocycles. The molecule has 1 fully saturated rings. The quantitative estimate of drug-likeness (QED) is 0.0261. The number of amides is 1. The first kappa shape index (κ1) is 70.6. The predicted molar refractivity (Wildman–Crippen MR) is 322 cm³/mol. The number of ether oxygens (including phenoxy) is 2. The van der Waals surface area contributed by atoms with Gasteiger partial charge in [0, 0.05) is 6.42 Å². The van der Waals surface area contributed by atoms with Crippen molar-refractivity contribution in [1.29, 1.82) is 0 Å². The number of hydrogen-bond acceptors (Lipinski definition) is 8. The lowest BCUT2D eigenvalue weighted by molar-refractivity contribution is -0.302. The molecule has 0 radical (unpaired) electrons. The fourth-order valence-electron chi connectivity index (χ4n) is 9.01. The molecular formula is C67H113NO8. The van der Waals surface area contributed by atoms with E-state index in [2.05, 4.69) is 141 Å². The first-order chi connectivity index (χ1) is 37.3. The zero-order chi connectivity index (χ0) is 55.0. The van der Waals surface area contributed by atoms with E-state index in [9.17, 15) is 30.3 Å². The molecule has 76 heavy (non-hydrogen) atoms. The smallest absolute Gasteiger partial charge is 0.220 e. The Morgan fingerprint density at radius 2 is 0.816 bits per heavy atom. The highest BCUT2D eigenvalue weighted by molar-refractivity contribution is 5.76. The van der Waals surface area contributed by atoms with E-state index in [0.717, 1.165) is 116 Å². The average Bonchev–Trinajstić information content (AvgIpc) is 3.42. The molecule has 0 aromatic heterocycles. The van der Waals surface area contributed by atoms with Crippen LogP contribution in [-0.4, -0.2) is 87.5 Å². The van der Waals surface area contributed by atoms with Crippen LogP contribution >= 0.6 is 0 Å². The van der Waals surface area contributed by atoms with E-state index in [1.165, 1.54) is 96.3 Å². The van der Waals surface area contributed by atoms with E-state index in [-0.39, 0.29) is 12.5 Å². The molecule has 0 saturated carbocycles. The van der Waals surface area contributed by atoms with Gasteiger partial charge in [-0.1, -0.05) is 264 Å². The Hall–Kier alpha value is -3.41. The second-order valence-corrected chi connectivity index (χ2v) is 20.8. The summed E-state index contributed by atoms with van der Waals surface area (Å²) in [6, 6.07) is -0.731. The maximum atomic E-state index is 13.1. The fourth-order valence-corrected chi connectivity index (χ4v) is 9.01. The second kappa shape index (κ2) is 54.9. The zero-order valence-electron chi connectivity index (χ0n) is 48.2. The number of aliphatic hydroxyl groups excluding tert-OH is 5. The number of rotatable bonds is 51. The lowest BCUT2D eigenvalue weighted by Crippen LogP contribution is -2.60. The van der Waals surface area contributed by atoms with Crippen LogP contribution in [0.25, 0.3) is 0 Å². The lowest BCUT2D eigenvalue weighted by atomic mass is 9.99.